The highest BCUT2D eigenvalue weighted by molar-refractivity contribution is 7.88. The lowest BCUT2D eigenvalue weighted by Gasteiger charge is -2.41. The average Bonchev–Trinajstić information content (AvgIpc) is 2.85. The minimum atomic E-state index is -3.22. The second-order valence-corrected chi connectivity index (χ2v) is 7.87. The van der Waals surface area contributed by atoms with Gasteiger partial charge in [-0.25, -0.2) is 8.42 Å². The lowest BCUT2D eigenvalue weighted by atomic mass is 10.1. The van der Waals surface area contributed by atoms with Crippen LogP contribution in [0.5, 0.6) is 0 Å². The van der Waals surface area contributed by atoms with Crippen molar-refractivity contribution in [2.24, 2.45) is 0 Å². The molecule has 0 spiro atoms. The van der Waals surface area contributed by atoms with E-state index >= 15 is 0 Å². The van der Waals surface area contributed by atoms with E-state index in [9.17, 15) is 8.42 Å². The molecule has 2 saturated heterocycles. The maximum Gasteiger partial charge on any atom is 0.218 e. The molecule has 0 amide bonds. The molecule has 1 aromatic rings. The first-order valence-corrected chi connectivity index (χ1v) is 8.95. The van der Waals surface area contributed by atoms with Crippen LogP contribution >= 0.6 is 0 Å². The monoisotopic (exact) mass is 294 g/mol. The molecule has 2 heterocycles. The summed E-state index contributed by atoms with van der Waals surface area (Å²) in [7, 11) is -3.22. The minimum absolute atomic E-state index is 0.0815. The largest absolute Gasteiger partial charge is 0.297 e. The van der Waals surface area contributed by atoms with Gasteiger partial charge in [0.25, 0.3) is 0 Å². The zero-order chi connectivity index (χ0) is 14.2. The van der Waals surface area contributed by atoms with Crippen LogP contribution in [0.1, 0.15) is 25.3 Å². The van der Waals surface area contributed by atoms with Crippen molar-refractivity contribution >= 4 is 10.0 Å². The number of rotatable bonds is 3. The summed E-state index contributed by atoms with van der Waals surface area (Å²) in [6, 6.07) is 9.97. The normalized spacial score (nSPS) is 28.4. The smallest absolute Gasteiger partial charge is 0.218 e. The summed E-state index contributed by atoms with van der Waals surface area (Å²) < 4.78 is 27.1. The molecular weight excluding hydrogens is 272 g/mol. The number of nitrogens with zero attached hydrogens (tertiary/aromatic N) is 2. The number of sulfonamides is 1. The number of hydrogen-bond acceptors (Lipinski definition) is 3. The molecule has 0 radical (unpaired) electrons. The summed E-state index contributed by atoms with van der Waals surface area (Å²) in [5, 5.41) is 0. The Bertz CT molecular complexity index is 558. The van der Waals surface area contributed by atoms with Crippen molar-refractivity contribution in [1.29, 1.82) is 0 Å². The number of hydrogen-bond donors (Lipinski definition) is 0. The third kappa shape index (κ3) is 2.75. The summed E-state index contributed by atoms with van der Waals surface area (Å²) in [6.45, 7) is 4.69. The van der Waals surface area contributed by atoms with Gasteiger partial charge in [0.2, 0.25) is 10.0 Å². The average molecular weight is 294 g/mol. The van der Waals surface area contributed by atoms with Crippen molar-refractivity contribution in [3.05, 3.63) is 35.9 Å². The Morgan fingerprint density at radius 3 is 2.70 bits per heavy atom. The fraction of sp³-hybridized carbons (Fsp3) is 0.600. The summed E-state index contributed by atoms with van der Waals surface area (Å²) in [6.07, 6.45) is 2.33. The lowest BCUT2D eigenvalue weighted by molar-refractivity contribution is 0.117. The van der Waals surface area contributed by atoms with Crippen molar-refractivity contribution in [3.8, 4) is 0 Å². The summed E-state index contributed by atoms with van der Waals surface area (Å²) >= 11 is 0. The van der Waals surface area contributed by atoms with Gasteiger partial charge in [0.15, 0.2) is 0 Å². The highest BCUT2D eigenvalue weighted by Gasteiger charge is 2.39. The van der Waals surface area contributed by atoms with Crippen molar-refractivity contribution in [1.82, 2.24) is 9.21 Å². The minimum Gasteiger partial charge on any atom is -0.297 e. The third-order valence-electron chi connectivity index (χ3n) is 4.43. The van der Waals surface area contributed by atoms with E-state index in [0.717, 1.165) is 25.1 Å². The van der Waals surface area contributed by atoms with Crippen LogP contribution in [0.4, 0.5) is 0 Å². The van der Waals surface area contributed by atoms with Crippen molar-refractivity contribution in [3.63, 3.8) is 0 Å². The van der Waals surface area contributed by atoms with Gasteiger partial charge in [0.1, 0.15) is 0 Å². The van der Waals surface area contributed by atoms with Gasteiger partial charge in [-0.1, -0.05) is 30.3 Å². The van der Waals surface area contributed by atoms with Gasteiger partial charge >= 0.3 is 0 Å². The molecule has 0 saturated carbocycles. The summed E-state index contributed by atoms with van der Waals surface area (Å²) in [5.74, 6) is 0.116. The van der Waals surface area contributed by atoms with E-state index in [4.69, 9.17) is 0 Å². The van der Waals surface area contributed by atoms with Crippen LogP contribution in [0.15, 0.2) is 30.3 Å². The van der Waals surface area contributed by atoms with Crippen LogP contribution < -0.4 is 0 Å². The van der Waals surface area contributed by atoms with E-state index in [-0.39, 0.29) is 11.8 Å². The van der Waals surface area contributed by atoms with Gasteiger partial charge in [0.05, 0.1) is 5.75 Å². The maximum absolute atomic E-state index is 12.7. The van der Waals surface area contributed by atoms with Crippen LogP contribution in [0.3, 0.4) is 0 Å². The van der Waals surface area contributed by atoms with E-state index < -0.39 is 10.0 Å². The standard InChI is InChI=1S/C15H22N2O2S/c1-13-10-16-9-5-8-15(16)11-17(13)20(18,19)12-14-6-3-2-4-7-14/h2-4,6-7,13,15H,5,8-12H2,1H3/t13-,15-/m1/s1. The van der Waals surface area contributed by atoms with Crippen molar-refractivity contribution in [2.45, 2.75) is 37.6 Å². The Morgan fingerprint density at radius 2 is 1.95 bits per heavy atom. The topological polar surface area (TPSA) is 40.6 Å². The molecular formula is C15H22N2O2S. The Morgan fingerprint density at radius 1 is 1.20 bits per heavy atom. The molecule has 4 nitrogen and oxygen atoms in total. The molecule has 20 heavy (non-hydrogen) atoms. The molecule has 3 rings (SSSR count). The van der Waals surface area contributed by atoms with Crippen molar-refractivity contribution < 1.29 is 8.42 Å². The molecule has 0 aromatic heterocycles. The lowest BCUT2D eigenvalue weighted by Crippen LogP contribution is -2.56. The van der Waals surface area contributed by atoms with Gasteiger partial charge in [-0.2, -0.15) is 4.31 Å². The van der Waals surface area contributed by atoms with E-state index in [0.29, 0.717) is 12.6 Å². The fourth-order valence-electron chi connectivity index (χ4n) is 3.42. The molecule has 0 aliphatic carbocycles. The zero-order valence-electron chi connectivity index (χ0n) is 11.9. The quantitative estimate of drug-likeness (QED) is 0.852. The molecule has 2 aliphatic heterocycles. The molecule has 0 bridgehead atoms. The predicted octanol–water partition coefficient (Wildman–Crippen LogP) is 1.68. The van der Waals surface area contributed by atoms with Crippen LogP contribution in [0, 0.1) is 0 Å². The van der Waals surface area contributed by atoms with E-state index in [1.54, 1.807) is 4.31 Å². The van der Waals surface area contributed by atoms with Gasteiger partial charge in [-0.3, -0.25) is 4.90 Å². The third-order valence-corrected chi connectivity index (χ3v) is 6.35. The molecule has 0 unspecified atom stereocenters. The van der Waals surface area contributed by atoms with Gasteiger partial charge in [-0.15, -0.1) is 0 Å². The first-order valence-electron chi connectivity index (χ1n) is 7.34. The Kier molecular flexibility index (Phi) is 3.84. The van der Waals surface area contributed by atoms with Crippen LogP contribution in [-0.2, 0) is 15.8 Å². The molecule has 110 valence electrons. The number of benzene rings is 1. The van der Waals surface area contributed by atoms with Crippen molar-refractivity contribution in [2.75, 3.05) is 19.6 Å². The first-order chi connectivity index (χ1) is 9.56. The Balaban J connectivity index is 1.76. The number of fused-ring (bicyclic) bond motifs is 1. The Hall–Kier alpha value is -0.910. The second-order valence-electron chi connectivity index (χ2n) is 5.95. The molecule has 0 N–H and O–H groups in total. The maximum atomic E-state index is 12.7. The van der Waals surface area contributed by atoms with E-state index in [1.165, 1.54) is 6.42 Å². The molecule has 2 atom stereocenters. The fourth-order valence-corrected chi connectivity index (χ4v) is 5.21. The van der Waals surface area contributed by atoms with E-state index in [2.05, 4.69) is 4.90 Å². The predicted molar refractivity (Wildman–Crippen MR) is 79.8 cm³/mol. The summed E-state index contributed by atoms with van der Waals surface area (Å²) in [4.78, 5) is 2.44. The second kappa shape index (κ2) is 5.47. The van der Waals surface area contributed by atoms with Gasteiger partial charge < -0.3 is 0 Å². The van der Waals surface area contributed by atoms with Gasteiger partial charge in [-0.05, 0) is 31.9 Å². The highest BCUT2D eigenvalue weighted by Crippen LogP contribution is 2.27. The molecule has 5 heteroatoms. The summed E-state index contributed by atoms with van der Waals surface area (Å²) in [5.41, 5.74) is 0.869. The van der Waals surface area contributed by atoms with Crippen LogP contribution in [0.25, 0.3) is 0 Å². The van der Waals surface area contributed by atoms with E-state index in [1.807, 2.05) is 37.3 Å². The SMILES string of the molecule is C[C@@H]1CN2CCC[C@@H]2CN1S(=O)(=O)Cc1ccccc1. The molecule has 2 aliphatic rings. The highest BCUT2D eigenvalue weighted by atomic mass is 32.2. The van der Waals surface area contributed by atoms with Gasteiger partial charge in [0, 0.05) is 25.2 Å². The zero-order valence-corrected chi connectivity index (χ0v) is 12.7. The van der Waals surface area contributed by atoms with Crippen LogP contribution in [0.2, 0.25) is 0 Å². The molecule has 1 aromatic carbocycles. The molecule has 2 fully saturated rings. The van der Waals surface area contributed by atoms with Crippen LogP contribution in [-0.4, -0.2) is 49.3 Å². The number of piperazine rings is 1. The Labute approximate surface area is 121 Å². The first kappa shape index (κ1) is 14.0.